The van der Waals surface area contributed by atoms with E-state index >= 15 is 0 Å². The van der Waals surface area contributed by atoms with Crippen LogP contribution in [0.2, 0.25) is 0 Å². The van der Waals surface area contributed by atoms with E-state index in [2.05, 4.69) is 36.3 Å². The van der Waals surface area contributed by atoms with Crippen molar-refractivity contribution in [3.05, 3.63) is 68.5 Å². The molecule has 1 unspecified atom stereocenters. The van der Waals surface area contributed by atoms with Gasteiger partial charge in [0.1, 0.15) is 0 Å². The number of piperidine rings is 1. The van der Waals surface area contributed by atoms with Crippen molar-refractivity contribution in [1.82, 2.24) is 15.0 Å². The first-order valence-electron chi connectivity index (χ1n) is 10.3. The third kappa shape index (κ3) is 5.20. The fourth-order valence-electron chi connectivity index (χ4n) is 3.73. The molecule has 1 saturated heterocycles. The number of hydrogen-bond acceptors (Lipinski definition) is 7. The Morgan fingerprint density at radius 3 is 2.84 bits per heavy atom. The molecule has 2 aromatic carbocycles. The molecule has 1 amide bonds. The van der Waals surface area contributed by atoms with Crippen molar-refractivity contribution in [3.8, 4) is 11.4 Å². The van der Waals surface area contributed by atoms with Gasteiger partial charge in [-0.05, 0) is 56.1 Å². The molecule has 0 spiro atoms. The summed E-state index contributed by atoms with van der Waals surface area (Å²) < 4.78 is 6.39. The van der Waals surface area contributed by atoms with Crippen LogP contribution in [0.5, 0.6) is 0 Å². The van der Waals surface area contributed by atoms with Crippen molar-refractivity contribution >= 4 is 33.2 Å². The van der Waals surface area contributed by atoms with Gasteiger partial charge in [0.2, 0.25) is 17.6 Å². The Morgan fingerprint density at radius 2 is 2.09 bits per heavy atom. The smallest absolute Gasteiger partial charge is 0.271 e. The molecule has 0 bridgehead atoms. The summed E-state index contributed by atoms with van der Waals surface area (Å²) in [6, 6.07) is 12.1. The van der Waals surface area contributed by atoms with Crippen LogP contribution in [0, 0.1) is 23.0 Å². The number of nitrogens with zero attached hydrogens (tertiary/aromatic N) is 4. The average molecular weight is 500 g/mol. The first-order chi connectivity index (χ1) is 15.4. The van der Waals surface area contributed by atoms with Crippen molar-refractivity contribution in [1.29, 1.82) is 0 Å². The number of nitrogens with one attached hydrogen (secondary N) is 1. The lowest BCUT2D eigenvalue weighted by atomic mass is 9.97. The number of nitro benzene ring substituents is 1. The van der Waals surface area contributed by atoms with E-state index in [1.165, 1.54) is 12.1 Å². The van der Waals surface area contributed by atoms with Gasteiger partial charge in [0.15, 0.2) is 0 Å². The molecule has 0 aliphatic carbocycles. The summed E-state index contributed by atoms with van der Waals surface area (Å²) in [5.74, 6) is 0.661. The molecule has 0 radical (unpaired) electrons. The van der Waals surface area contributed by atoms with Crippen molar-refractivity contribution in [3.63, 3.8) is 0 Å². The highest BCUT2D eigenvalue weighted by Crippen LogP contribution is 2.25. The maximum atomic E-state index is 12.9. The van der Waals surface area contributed by atoms with Crippen LogP contribution < -0.4 is 5.32 Å². The summed E-state index contributed by atoms with van der Waals surface area (Å²) in [6.45, 7) is 3.65. The molecule has 1 fully saturated rings. The van der Waals surface area contributed by atoms with Gasteiger partial charge in [-0.2, -0.15) is 4.98 Å². The maximum Gasteiger partial charge on any atom is 0.271 e. The Balaban J connectivity index is 1.38. The Bertz CT molecular complexity index is 1130. The van der Waals surface area contributed by atoms with Gasteiger partial charge in [-0.25, -0.2) is 0 Å². The first kappa shape index (κ1) is 22.1. The minimum Gasteiger partial charge on any atom is -0.338 e. The number of amides is 1. The molecule has 10 heteroatoms. The van der Waals surface area contributed by atoms with Gasteiger partial charge in [-0.3, -0.25) is 19.8 Å². The molecular formula is C22H22BrN5O4. The topological polar surface area (TPSA) is 114 Å². The second-order valence-corrected chi connectivity index (χ2v) is 8.75. The predicted molar refractivity (Wildman–Crippen MR) is 122 cm³/mol. The lowest BCUT2D eigenvalue weighted by Gasteiger charge is -2.31. The average Bonchev–Trinajstić information content (AvgIpc) is 3.24. The molecular weight excluding hydrogens is 478 g/mol. The molecule has 2 heterocycles. The van der Waals surface area contributed by atoms with E-state index in [-0.39, 0.29) is 17.5 Å². The Labute approximate surface area is 193 Å². The highest BCUT2D eigenvalue weighted by atomic mass is 79.9. The summed E-state index contributed by atoms with van der Waals surface area (Å²) in [4.78, 5) is 30.0. The zero-order valence-electron chi connectivity index (χ0n) is 17.5. The summed E-state index contributed by atoms with van der Waals surface area (Å²) >= 11 is 3.41. The number of rotatable bonds is 6. The largest absolute Gasteiger partial charge is 0.338 e. The monoisotopic (exact) mass is 499 g/mol. The van der Waals surface area contributed by atoms with Crippen LogP contribution in [0.1, 0.15) is 24.3 Å². The normalized spacial score (nSPS) is 16.6. The molecule has 1 N–H and O–H groups in total. The van der Waals surface area contributed by atoms with Gasteiger partial charge >= 0.3 is 0 Å². The van der Waals surface area contributed by atoms with E-state index in [1.54, 1.807) is 6.07 Å². The van der Waals surface area contributed by atoms with Crippen LogP contribution in [-0.2, 0) is 11.3 Å². The predicted octanol–water partition coefficient (Wildman–Crippen LogP) is 4.57. The number of hydrogen-bond donors (Lipinski definition) is 1. The number of nitro groups is 1. The third-order valence-electron chi connectivity index (χ3n) is 5.50. The number of halogens is 1. The Morgan fingerprint density at radius 1 is 1.31 bits per heavy atom. The molecule has 9 nitrogen and oxygen atoms in total. The summed E-state index contributed by atoms with van der Waals surface area (Å²) in [5, 5.41) is 18.0. The number of carbonyl (C=O) groups is 1. The van der Waals surface area contributed by atoms with E-state index in [0.29, 0.717) is 30.5 Å². The van der Waals surface area contributed by atoms with Gasteiger partial charge in [-0.15, -0.1) is 0 Å². The van der Waals surface area contributed by atoms with E-state index in [4.69, 9.17) is 4.52 Å². The SMILES string of the molecule is Cc1ccc([N+](=O)[O-])cc1NC(=O)C1CCCN(Cc2nc(-c3ccc(Br)cc3)no2)C1. The van der Waals surface area contributed by atoms with E-state index < -0.39 is 4.92 Å². The standard InChI is InChI=1S/C22H22BrN5O4/c1-14-4-9-18(28(30)31)11-19(14)24-22(29)16-3-2-10-27(12-16)13-20-25-21(26-32-20)15-5-7-17(23)8-6-15/h4-9,11,16H,2-3,10,12-13H2,1H3,(H,24,29). The molecule has 3 aromatic rings. The highest BCUT2D eigenvalue weighted by molar-refractivity contribution is 9.10. The van der Waals surface area contributed by atoms with Crippen LogP contribution in [0.4, 0.5) is 11.4 Å². The van der Waals surface area contributed by atoms with Gasteiger partial charge in [0, 0.05) is 28.7 Å². The zero-order chi connectivity index (χ0) is 22.7. The van der Waals surface area contributed by atoms with Gasteiger partial charge in [0.25, 0.3) is 5.69 Å². The molecule has 1 atom stereocenters. The summed E-state index contributed by atoms with van der Waals surface area (Å²) in [7, 11) is 0. The zero-order valence-corrected chi connectivity index (χ0v) is 19.0. The second-order valence-electron chi connectivity index (χ2n) is 7.84. The number of likely N-dealkylation sites (tertiary alicyclic amines) is 1. The number of aryl methyl sites for hydroxylation is 1. The van der Waals surface area contributed by atoms with Crippen molar-refractivity contribution in [2.75, 3.05) is 18.4 Å². The molecule has 1 aromatic heterocycles. The fourth-order valence-corrected chi connectivity index (χ4v) is 4.00. The minimum absolute atomic E-state index is 0.0471. The van der Waals surface area contributed by atoms with Crippen molar-refractivity contribution < 1.29 is 14.2 Å². The van der Waals surface area contributed by atoms with Crippen molar-refractivity contribution in [2.45, 2.75) is 26.3 Å². The van der Waals surface area contributed by atoms with Crippen LogP contribution in [0.15, 0.2) is 51.5 Å². The summed E-state index contributed by atoms with van der Waals surface area (Å²) in [6.07, 6.45) is 1.62. The molecule has 32 heavy (non-hydrogen) atoms. The van der Waals surface area contributed by atoms with Crippen LogP contribution >= 0.6 is 15.9 Å². The second kappa shape index (κ2) is 9.58. The first-order valence-corrected chi connectivity index (χ1v) is 11.0. The number of carbonyl (C=O) groups excluding carboxylic acids is 1. The van der Waals surface area contributed by atoms with Crippen LogP contribution in [-0.4, -0.2) is 39.0 Å². The Kier molecular flexibility index (Phi) is 6.61. The van der Waals surface area contributed by atoms with Crippen LogP contribution in [0.3, 0.4) is 0 Å². The number of aromatic nitrogens is 2. The number of benzene rings is 2. The quantitative estimate of drug-likeness (QED) is 0.390. The molecule has 1 aliphatic rings. The van der Waals surface area contributed by atoms with Gasteiger partial charge in [-0.1, -0.05) is 27.2 Å². The fraction of sp³-hybridized carbons (Fsp3) is 0.318. The molecule has 4 rings (SSSR count). The van der Waals surface area contributed by atoms with Crippen LogP contribution in [0.25, 0.3) is 11.4 Å². The number of anilines is 1. The number of non-ortho nitro benzene ring substituents is 1. The van der Waals surface area contributed by atoms with E-state index in [1.807, 2.05) is 31.2 Å². The van der Waals surface area contributed by atoms with Crippen molar-refractivity contribution in [2.24, 2.45) is 5.92 Å². The summed E-state index contributed by atoms with van der Waals surface area (Å²) in [5.41, 5.74) is 2.07. The lowest BCUT2D eigenvalue weighted by Crippen LogP contribution is -2.40. The highest BCUT2D eigenvalue weighted by Gasteiger charge is 2.27. The third-order valence-corrected chi connectivity index (χ3v) is 6.02. The van der Waals surface area contributed by atoms with Gasteiger partial charge in [0.05, 0.1) is 23.1 Å². The molecule has 0 saturated carbocycles. The van der Waals surface area contributed by atoms with E-state index in [9.17, 15) is 14.9 Å². The maximum absolute atomic E-state index is 12.9. The van der Waals surface area contributed by atoms with E-state index in [0.717, 1.165) is 35.0 Å². The Hall–Kier alpha value is -3.11. The molecule has 1 aliphatic heterocycles. The lowest BCUT2D eigenvalue weighted by molar-refractivity contribution is -0.384. The van der Waals surface area contributed by atoms with Gasteiger partial charge < -0.3 is 9.84 Å². The minimum atomic E-state index is -0.468. The molecule has 166 valence electrons.